The average Bonchev–Trinajstić information content (AvgIpc) is 3.87. The van der Waals surface area contributed by atoms with Crippen LogP contribution in [0, 0.1) is 23.7 Å². The lowest BCUT2D eigenvalue weighted by molar-refractivity contribution is -0.0399. The second-order valence-electron chi connectivity index (χ2n) is 18.2. The Morgan fingerprint density at radius 1 is 0.375 bits per heavy atom. The van der Waals surface area contributed by atoms with Crippen LogP contribution in [0.1, 0.15) is 65.5 Å². The Labute approximate surface area is 330 Å². The molecule has 0 radical (unpaired) electrons. The highest BCUT2D eigenvalue weighted by atomic mass is 15.1. The van der Waals surface area contributed by atoms with E-state index in [1.165, 1.54) is 105 Å². The smallest absolute Gasteiger partial charge is 0.0465 e. The summed E-state index contributed by atoms with van der Waals surface area (Å²) >= 11 is 0. The van der Waals surface area contributed by atoms with Crippen LogP contribution < -0.4 is 4.90 Å². The standard InChI is InChI=1S/C55H45N/c1-3-11-37(12-4-1)38-19-22-47-48-23-20-44(31-52(48)54(51(47)30-38)33-39-13-7-8-14-40(39)34-54)56(43-15-5-2-6-16-43)45-21-24-49-46-17-9-10-18-50(46)55(53(49)32-45)41-26-35-25-36(28-41)29-42(55)27-35/h1-24,30-32,35-36,41-42H,25-29,33-34H2. The monoisotopic (exact) mass is 719 g/mol. The molecule has 1 heteroatoms. The van der Waals surface area contributed by atoms with E-state index in [4.69, 9.17) is 0 Å². The van der Waals surface area contributed by atoms with E-state index in [0.717, 1.165) is 36.5 Å². The van der Waals surface area contributed by atoms with Gasteiger partial charge in [-0.1, -0.05) is 121 Å². The van der Waals surface area contributed by atoms with Crippen LogP contribution in [0.5, 0.6) is 0 Å². The van der Waals surface area contributed by atoms with Gasteiger partial charge in [0.05, 0.1) is 0 Å². The molecule has 0 aromatic heterocycles. The van der Waals surface area contributed by atoms with E-state index in [1.54, 1.807) is 11.1 Å². The fourth-order valence-electron chi connectivity index (χ4n) is 13.7. The van der Waals surface area contributed by atoms with Crippen LogP contribution in [0.2, 0.25) is 0 Å². The highest BCUT2D eigenvalue weighted by Gasteiger charge is 2.61. The van der Waals surface area contributed by atoms with Crippen molar-refractivity contribution in [1.29, 1.82) is 0 Å². The van der Waals surface area contributed by atoms with Gasteiger partial charge in [0.2, 0.25) is 0 Å². The van der Waals surface area contributed by atoms with Gasteiger partial charge in [-0.15, -0.1) is 0 Å². The lowest BCUT2D eigenvalue weighted by atomic mass is 9.43. The minimum Gasteiger partial charge on any atom is -0.310 e. The first-order valence-electron chi connectivity index (χ1n) is 21.2. The third-order valence-electron chi connectivity index (χ3n) is 15.6. The minimum absolute atomic E-state index is 0.110. The predicted octanol–water partition coefficient (Wildman–Crippen LogP) is 13.6. The van der Waals surface area contributed by atoms with Crippen LogP contribution in [-0.4, -0.2) is 0 Å². The number of benzene rings is 7. The molecule has 56 heavy (non-hydrogen) atoms. The number of hydrogen-bond acceptors (Lipinski definition) is 1. The third kappa shape index (κ3) is 4.16. The van der Waals surface area contributed by atoms with Crippen LogP contribution in [0.3, 0.4) is 0 Å². The average molecular weight is 720 g/mol. The molecule has 7 aromatic carbocycles. The Bertz CT molecular complexity index is 2670. The molecule has 7 aliphatic carbocycles. The van der Waals surface area contributed by atoms with Crippen LogP contribution in [0.4, 0.5) is 17.1 Å². The Balaban J connectivity index is 0.997. The van der Waals surface area contributed by atoms with Crippen molar-refractivity contribution in [2.75, 3.05) is 4.90 Å². The van der Waals surface area contributed by atoms with Gasteiger partial charge in [-0.3, -0.25) is 0 Å². The van der Waals surface area contributed by atoms with Gasteiger partial charge in [-0.25, -0.2) is 0 Å². The normalized spacial score (nSPS) is 24.9. The Morgan fingerprint density at radius 3 is 1.57 bits per heavy atom. The molecular weight excluding hydrogens is 675 g/mol. The Hall–Kier alpha value is -5.66. The summed E-state index contributed by atoms with van der Waals surface area (Å²) in [4.78, 5) is 2.57. The lowest BCUT2D eigenvalue weighted by Gasteiger charge is -2.61. The maximum atomic E-state index is 2.65. The van der Waals surface area contributed by atoms with Gasteiger partial charge in [0.1, 0.15) is 0 Å². The predicted molar refractivity (Wildman–Crippen MR) is 230 cm³/mol. The molecule has 0 saturated heterocycles. The van der Waals surface area contributed by atoms with Crippen LogP contribution >= 0.6 is 0 Å². The van der Waals surface area contributed by atoms with E-state index in [9.17, 15) is 0 Å². The number of rotatable bonds is 4. The number of nitrogens with zero attached hydrogens (tertiary/aromatic N) is 1. The molecule has 0 N–H and O–H groups in total. The number of anilines is 3. The first-order chi connectivity index (χ1) is 27.7. The SMILES string of the molecule is c1ccc(-c2ccc3c(c2)C2(Cc4ccccc4C2)c2cc(N(c4ccccc4)c4ccc5c(c4)C4(c6ccccc6-5)C5CC6CC(C5)CC4C6)ccc2-3)cc1. The van der Waals surface area contributed by atoms with Gasteiger partial charge in [0.15, 0.2) is 0 Å². The van der Waals surface area contributed by atoms with Crippen molar-refractivity contribution in [2.24, 2.45) is 23.7 Å². The van der Waals surface area contributed by atoms with Crippen molar-refractivity contribution in [2.45, 2.75) is 55.8 Å². The molecule has 2 spiro atoms. The summed E-state index contributed by atoms with van der Waals surface area (Å²) < 4.78 is 0. The topological polar surface area (TPSA) is 3.24 Å². The van der Waals surface area contributed by atoms with Crippen molar-refractivity contribution in [3.05, 3.63) is 197 Å². The third-order valence-corrected chi connectivity index (χ3v) is 15.6. The fourth-order valence-corrected chi connectivity index (χ4v) is 13.7. The van der Waals surface area contributed by atoms with Gasteiger partial charge in [-0.2, -0.15) is 0 Å². The summed E-state index contributed by atoms with van der Waals surface area (Å²) in [6, 6.07) is 63.1. The van der Waals surface area contributed by atoms with E-state index in [1.807, 2.05) is 0 Å². The Kier molecular flexibility index (Phi) is 6.45. The summed E-state index contributed by atoms with van der Waals surface area (Å²) in [5, 5.41) is 0. The summed E-state index contributed by atoms with van der Waals surface area (Å²) in [6.07, 6.45) is 9.12. The van der Waals surface area contributed by atoms with Gasteiger partial charge >= 0.3 is 0 Å². The number of fused-ring (bicyclic) bond motifs is 9. The maximum Gasteiger partial charge on any atom is 0.0465 e. The second-order valence-corrected chi connectivity index (χ2v) is 18.2. The molecule has 4 fully saturated rings. The zero-order valence-electron chi connectivity index (χ0n) is 31.8. The molecule has 0 heterocycles. The molecule has 0 unspecified atom stereocenters. The van der Waals surface area contributed by atoms with Crippen molar-refractivity contribution >= 4 is 17.1 Å². The van der Waals surface area contributed by atoms with Crippen molar-refractivity contribution in [3.63, 3.8) is 0 Å². The molecular formula is C55H45N. The largest absolute Gasteiger partial charge is 0.310 e. The fraction of sp³-hybridized carbons (Fsp3) is 0.236. The highest BCUT2D eigenvalue weighted by Crippen LogP contribution is 2.69. The zero-order valence-corrected chi connectivity index (χ0v) is 31.8. The molecule has 4 bridgehead atoms. The highest BCUT2D eigenvalue weighted by molar-refractivity contribution is 5.90. The maximum absolute atomic E-state index is 2.65. The number of hydrogen-bond donors (Lipinski definition) is 0. The van der Waals surface area contributed by atoms with Crippen LogP contribution in [0.15, 0.2) is 164 Å². The second kappa shape index (κ2) is 11.5. The quantitative estimate of drug-likeness (QED) is 0.175. The molecule has 7 aliphatic rings. The lowest BCUT2D eigenvalue weighted by Crippen LogP contribution is -2.55. The van der Waals surface area contributed by atoms with Gasteiger partial charge in [0, 0.05) is 27.9 Å². The van der Waals surface area contributed by atoms with E-state index in [-0.39, 0.29) is 10.8 Å². The molecule has 0 aliphatic heterocycles. The first-order valence-corrected chi connectivity index (χ1v) is 21.2. The van der Waals surface area contributed by atoms with Crippen molar-refractivity contribution < 1.29 is 0 Å². The van der Waals surface area contributed by atoms with E-state index < -0.39 is 0 Å². The van der Waals surface area contributed by atoms with Crippen molar-refractivity contribution in [3.8, 4) is 33.4 Å². The molecule has 0 atom stereocenters. The van der Waals surface area contributed by atoms with E-state index in [2.05, 4.69) is 169 Å². The van der Waals surface area contributed by atoms with E-state index in [0.29, 0.717) is 0 Å². The molecule has 7 aromatic rings. The number of para-hydroxylation sites is 1. The molecule has 4 saturated carbocycles. The molecule has 1 nitrogen and oxygen atoms in total. The van der Waals surface area contributed by atoms with Crippen LogP contribution in [-0.2, 0) is 23.7 Å². The van der Waals surface area contributed by atoms with Crippen LogP contribution in [0.25, 0.3) is 33.4 Å². The minimum atomic E-state index is -0.110. The van der Waals surface area contributed by atoms with Gasteiger partial charge in [0.25, 0.3) is 0 Å². The summed E-state index contributed by atoms with van der Waals surface area (Å²) in [5.74, 6) is 3.34. The van der Waals surface area contributed by atoms with Gasteiger partial charge in [-0.05, 0) is 178 Å². The summed E-state index contributed by atoms with van der Waals surface area (Å²) in [7, 11) is 0. The summed E-state index contributed by atoms with van der Waals surface area (Å²) in [6.45, 7) is 0. The first kappa shape index (κ1) is 31.5. The molecule has 0 amide bonds. The Morgan fingerprint density at radius 2 is 0.893 bits per heavy atom. The zero-order chi connectivity index (χ0) is 36.6. The van der Waals surface area contributed by atoms with Gasteiger partial charge < -0.3 is 4.90 Å². The van der Waals surface area contributed by atoms with E-state index >= 15 is 0 Å². The molecule has 270 valence electrons. The summed E-state index contributed by atoms with van der Waals surface area (Å²) in [5.41, 5.74) is 21.3. The molecule has 14 rings (SSSR count). The van der Waals surface area contributed by atoms with Crippen molar-refractivity contribution in [1.82, 2.24) is 0 Å².